The van der Waals surface area contributed by atoms with Crippen LogP contribution in [0.1, 0.15) is 36.8 Å². The van der Waals surface area contributed by atoms with E-state index in [9.17, 15) is 19.5 Å². The molecule has 1 aliphatic heterocycles. The molecule has 8 nitrogen and oxygen atoms in total. The lowest BCUT2D eigenvalue weighted by molar-refractivity contribution is -0.150. The number of carboxylic acid groups (broad SMARTS) is 1. The minimum atomic E-state index is -1.12. The van der Waals surface area contributed by atoms with Gasteiger partial charge in [0.15, 0.2) is 0 Å². The number of hydrogen-bond acceptors (Lipinski definition) is 5. The maximum absolute atomic E-state index is 13.5. The van der Waals surface area contributed by atoms with Gasteiger partial charge in [-0.1, -0.05) is 48.5 Å². The summed E-state index contributed by atoms with van der Waals surface area (Å²) in [7, 11) is 1.75. The van der Waals surface area contributed by atoms with Crippen LogP contribution in [0.2, 0.25) is 0 Å². The first kappa shape index (κ1) is 23.4. The Hall–Kier alpha value is -3.39. The normalized spacial score (nSPS) is 21.5. The van der Waals surface area contributed by atoms with Crippen molar-refractivity contribution in [1.29, 1.82) is 0 Å². The lowest BCUT2D eigenvalue weighted by Gasteiger charge is -2.41. The number of benzene rings is 2. The first-order chi connectivity index (χ1) is 16.8. The van der Waals surface area contributed by atoms with E-state index in [1.54, 1.807) is 23.8 Å². The van der Waals surface area contributed by atoms with Gasteiger partial charge >= 0.3 is 12.1 Å². The van der Waals surface area contributed by atoms with E-state index in [2.05, 4.69) is 29.6 Å². The van der Waals surface area contributed by atoms with Gasteiger partial charge in [-0.2, -0.15) is 0 Å². The molecule has 2 aromatic carbocycles. The molecule has 5 rings (SSSR count). The third-order valence-corrected chi connectivity index (χ3v) is 7.76. The van der Waals surface area contributed by atoms with Gasteiger partial charge in [0.2, 0.25) is 5.91 Å². The molecule has 35 heavy (non-hydrogen) atoms. The summed E-state index contributed by atoms with van der Waals surface area (Å²) in [6, 6.07) is 15.5. The van der Waals surface area contributed by atoms with Crippen molar-refractivity contribution in [1.82, 2.24) is 15.1 Å². The van der Waals surface area contributed by atoms with Crippen LogP contribution in [-0.4, -0.2) is 77.7 Å². The van der Waals surface area contributed by atoms with Crippen molar-refractivity contribution in [3.05, 3.63) is 59.7 Å². The van der Waals surface area contributed by atoms with Crippen LogP contribution in [0.5, 0.6) is 0 Å². The molecular formula is C27H31N3O5. The summed E-state index contributed by atoms with van der Waals surface area (Å²) in [4.78, 5) is 41.5. The number of carbonyl (C=O) groups is 3. The number of alkyl carbamates (subject to hydrolysis) is 1. The Balaban J connectivity index is 1.28. The summed E-state index contributed by atoms with van der Waals surface area (Å²) >= 11 is 0. The van der Waals surface area contributed by atoms with Crippen molar-refractivity contribution >= 4 is 18.0 Å². The third kappa shape index (κ3) is 4.27. The minimum Gasteiger partial charge on any atom is -0.480 e. The molecule has 2 fully saturated rings. The van der Waals surface area contributed by atoms with Gasteiger partial charge in [-0.05, 0) is 55.0 Å². The van der Waals surface area contributed by atoms with Gasteiger partial charge in [-0.25, -0.2) is 4.79 Å². The second kappa shape index (κ2) is 9.00. The Morgan fingerprint density at radius 1 is 1.03 bits per heavy atom. The Morgan fingerprint density at radius 3 is 2.20 bits per heavy atom. The number of ether oxygens (including phenoxy) is 1. The van der Waals surface area contributed by atoms with Gasteiger partial charge in [0.05, 0.1) is 0 Å². The number of likely N-dealkylation sites (N-methyl/N-ethyl adjacent to an activating group) is 1. The molecule has 184 valence electrons. The average Bonchev–Trinajstić information content (AvgIpc) is 3.66. The number of carbonyl (C=O) groups excluding carboxylic acids is 2. The van der Waals surface area contributed by atoms with Gasteiger partial charge in [0.1, 0.15) is 18.2 Å². The van der Waals surface area contributed by atoms with E-state index >= 15 is 0 Å². The molecule has 8 heteroatoms. The van der Waals surface area contributed by atoms with E-state index < -0.39 is 23.6 Å². The van der Waals surface area contributed by atoms with E-state index in [-0.39, 0.29) is 30.9 Å². The van der Waals surface area contributed by atoms with E-state index in [1.807, 2.05) is 24.3 Å². The van der Waals surface area contributed by atoms with E-state index in [4.69, 9.17) is 4.74 Å². The highest BCUT2D eigenvalue weighted by Crippen LogP contribution is 2.45. The number of fused-ring (bicyclic) bond motifs is 3. The Kier molecular flexibility index (Phi) is 6.01. The van der Waals surface area contributed by atoms with E-state index in [0.29, 0.717) is 13.1 Å². The maximum atomic E-state index is 13.5. The lowest BCUT2D eigenvalue weighted by atomic mass is 9.93. The Morgan fingerprint density at radius 2 is 1.63 bits per heavy atom. The maximum Gasteiger partial charge on any atom is 0.408 e. The largest absolute Gasteiger partial charge is 0.480 e. The number of aliphatic carboxylic acids is 1. The van der Waals surface area contributed by atoms with Crippen molar-refractivity contribution in [2.75, 3.05) is 33.3 Å². The zero-order valence-electron chi connectivity index (χ0n) is 20.1. The number of piperazine rings is 1. The Labute approximate surface area is 204 Å². The predicted octanol–water partition coefficient (Wildman–Crippen LogP) is 2.92. The van der Waals surface area contributed by atoms with Crippen LogP contribution in [0.3, 0.4) is 0 Å². The van der Waals surface area contributed by atoms with Crippen LogP contribution in [-0.2, 0) is 14.3 Å². The summed E-state index contributed by atoms with van der Waals surface area (Å²) in [5, 5.41) is 12.4. The fraction of sp³-hybridized carbons (Fsp3) is 0.444. The predicted molar refractivity (Wildman–Crippen MR) is 130 cm³/mol. The van der Waals surface area contributed by atoms with Gasteiger partial charge in [0, 0.05) is 25.6 Å². The molecule has 0 radical (unpaired) electrons. The first-order valence-electron chi connectivity index (χ1n) is 12.1. The quantitative estimate of drug-likeness (QED) is 0.664. The zero-order valence-corrected chi connectivity index (χ0v) is 20.1. The molecule has 2 amide bonds. The number of amides is 2. The first-order valence-corrected chi connectivity index (χ1v) is 12.1. The molecule has 3 aliphatic rings. The summed E-state index contributed by atoms with van der Waals surface area (Å²) in [5.41, 5.74) is 3.43. The fourth-order valence-electron chi connectivity index (χ4n) is 5.49. The van der Waals surface area contributed by atoms with Crippen LogP contribution in [0, 0.1) is 5.92 Å². The minimum absolute atomic E-state index is 0.0124. The molecule has 0 spiro atoms. The van der Waals surface area contributed by atoms with Gasteiger partial charge < -0.3 is 20.1 Å². The molecule has 0 aromatic heterocycles. The lowest BCUT2D eigenvalue weighted by Crippen LogP contribution is -2.64. The number of carboxylic acids is 1. The highest BCUT2D eigenvalue weighted by Gasteiger charge is 2.51. The SMILES string of the molecule is CN1CCN(C(=O)C(C)(NC(=O)OCC2c3ccccc3-c3ccccc32)C2CC2)CC1C(=O)O. The third-order valence-electron chi connectivity index (χ3n) is 7.76. The molecule has 0 bridgehead atoms. The van der Waals surface area contributed by atoms with Crippen molar-refractivity contribution < 1.29 is 24.2 Å². The summed E-state index contributed by atoms with van der Waals surface area (Å²) < 4.78 is 5.70. The average molecular weight is 478 g/mol. The van der Waals surface area contributed by atoms with Crippen molar-refractivity contribution in [3.8, 4) is 11.1 Å². The van der Waals surface area contributed by atoms with E-state index in [1.165, 1.54) is 0 Å². The number of hydrogen-bond donors (Lipinski definition) is 2. The standard InChI is InChI=1S/C27H31N3O5/c1-27(17-11-12-17,25(33)30-14-13-29(2)23(15-30)24(31)32)28-26(34)35-16-22-20-9-5-3-7-18(20)19-8-4-6-10-21(19)22/h3-10,17,22-23H,11-16H2,1-2H3,(H,28,34)(H,31,32). The van der Waals surface area contributed by atoms with Crippen molar-refractivity contribution in [3.63, 3.8) is 0 Å². The molecular weight excluding hydrogens is 446 g/mol. The Bertz CT molecular complexity index is 1120. The molecule has 1 saturated carbocycles. The molecule has 1 saturated heterocycles. The van der Waals surface area contributed by atoms with Crippen LogP contribution >= 0.6 is 0 Å². The van der Waals surface area contributed by atoms with Crippen LogP contribution in [0.25, 0.3) is 11.1 Å². The van der Waals surface area contributed by atoms with Gasteiger partial charge in [0.25, 0.3) is 0 Å². The molecule has 1 heterocycles. The fourth-order valence-corrected chi connectivity index (χ4v) is 5.49. The van der Waals surface area contributed by atoms with Crippen molar-refractivity contribution in [2.45, 2.75) is 37.3 Å². The number of nitrogens with one attached hydrogen (secondary N) is 1. The van der Waals surface area contributed by atoms with Crippen molar-refractivity contribution in [2.24, 2.45) is 5.92 Å². The highest BCUT2D eigenvalue weighted by atomic mass is 16.5. The molecule has 2 aliphatic carbocycles. The van der Waals surface area contributed by atoms with Gasteiger partial charge in [-0.3, -0.25) is 14.5 Å². The smallest absolute Gasteiger partial charge is 0.408 e. The summed E-state index contributed by atoms with van der Waals surface area (Å²) in [5.74, 6) is -1.25. The zero-order chi connectivity index (χ0) is 24.7. The van der Waals surface area contributed by atoms with Crippen LogP contribution in [0.4, 0.5) is 4.79 Å². The summed E-state index contributed by atoms with van der Waals surface area (Å²) in [6.07, 6.45) is 1.04. The number of nitrogens with zero attached hydrogens (tertiary/aromatic N) is 2. The summed E-state index contributed by atoms with van der Waals surface area (Å²) in [6.45, 7) is 2.90. The number of rotatable bonds is 6. The van der Waals surface area contributed by atoms with Crippen LogP contribution < -0.4 is 5.32 Å². The second-order valence-electron chi connectivity index (χ2n) is 10.0. The van der Waals surface area contributed by atoms with Crippen LogP contribution in [0.15, 0.2) is 48.5 Å². The second-order valence-corrected chi connectivity index (χ2v) is 10.0. The molecule has 2 atom stereocenters. The molecule has 2 aromatic rings. The monoisotopic (exact) mass is 477 g/mol. The molecule has 2 unspecified atom stereocenters. The topological polar surface area (TPSA) is 99.2 Å². The molecule has 2 N–H and O–H groups in total. The van der Waals surface area contributed by atoms with E-state index in [0.717, 1.165) is 35.1 Å². The highest BCUT2D eigenvalue weighted by molar-refractivity contribution is 5.91. The van der Waals surface area contributed by atoms with Gasteiger partial charge in [-0.15, -0.1) is 0 Å².